The molecule has 2 heterocycles. The maximum Gasteiger partial charge on any atom is 0.163 e. The van der Waals surface area contributed by atoms with Crippen molar-refractivity contribution in [2.45, 2.75) is 20.3 Å². The Labute approximate surface area is 183 Å². The molecule has 0 bridgehead atoms. The summed E-state index contributed by atoms with van der Waals surface area (Å²) in [5.74, 6) is 1.07. The summed E-state index contributed by atoms with van der Waals surface area (Å²) in [5, 5.41) is 11.2. The average molecular weight is 442 g/mol. The number of aromatic nitrogens is 4. The molecule has 0 saturated heterocycles. The van der Waals surface area contributed by atoms with Crippen molar-refractivity contribution in [2.24, 2.45) is 0 Å². The first-order valence-corrected chi connectivity index (χ1v) is 10.0. The lowest BCUT2D eigenvalue weighted by atomic mass is 10.1. The number of aromatic amines is 1. The molecule has 2 aromatic carbocycles. The van der Waals surface area contributed by atoms with Crippen molar-refractivity contribution in [2.75, 3.05) is 19.0 Å². The highest BCUT2D eigenvalue weighted by Gasteiger charge is 2.14. The third-order valence-electron chi connectivity index (χ3n) is 5.00. The fourth-order valence-corrected chi connectivity index (χ4v) is 3.52. The first-order valence-electron chi connectivity index (χ1n) is 9.64. The summed E-state index contributed by atoms with van der Waals surface area (Å²) in [6.07, 6.45) is 2.12. The number of aryl methyl sites for hydroxylation is 2. The van der Waals surface area contributed by atoms with E-state index in [2.05, 4.69) is 25.5 Å². The number of ether oxygens (including phenoxy) is 2. The third-order valence-corrected chi connectivity index (χ3v) is 5.23. The fraction of sp³-hybridized carbons (Fsp3) is 0.227. The number of hydrogen-bond donors (Lipinski definition) is 2. The highest BCUT2D eigenvalue weighted by atomic mass is 35.5. The van der Waals surface area contributed by atoms with Crippen LogP contribution in [0, 0.1) is 19.7 Å². The maximum atomic E-state index is 14.2. The van der Waals surface area contributed by atoms with Crippen molar-refractivity contribution in [3.05, 3.63) is 64.5 Å². The first-order chi connectivity index (χ1) is 15.0. The molecule has 0 spiro atoms. The number of methoxy groups -OCH3 is 1. The Hall–Kier alpha value is -3.39. The molecule has 0 fully saturated rings. The molecule has 9 heteroatoms. The van der Waals surface area contributed by atoms with Crippen molar-refractivity contribution >= 4 is 34.0 Å². The van der Waals surface area contributed by atoms with Gasteiger partial charge in [-0.05, 0) is 43.7 Å². The SMILES string of the molecule is COc1cc2c(Nc3ccc(Cl)cc3F)ncnc2cc1OCCc1c(C)n[nH]c1C. The molecule has 4 rings (SSSR count). The lowest BCUT2D eigenvalue weighted by Crippen LogP contribution is -2.05. The minimum absolute atomic E-state index is 0.259. The number of H-pyrrole nitrogens is 1. The molecule has 2 N–H and O–H groups in total. The van der Waals surface area contributed by atoms with Gasteiger partial charge in [-0.2, -0.15) is 5.10 Å². The molecule has 0 amide bonds. The average Bonchev–Trinajstić information content (AvgIpc) is 3.07. The number of nitrogens with one attached hydrogen (secondary N) is 2. The first kappa shape index (κ1) is 20.9. The minimum Gasteiger partial charge on any atom is -0.493 e. The predicted molar refractivity (Wildman–Crippen MR) is 118 cm³/mol. The van der Waals surface area contributed by atoms with Crippen molar-refractivity contribution < 1.29 is 13.9 Å². The van der Waals surface area contributed by atoms with Crippen molar-refractivity contribution in [3.8, 4) is 11.5 Å². The number of halogens is 2. The van der Waals surface area contributed by atoms with E-state index in [0.717, 1.165) is 17.0 Å². The van der Waals surface area contributed by atoms with Crippen LogP contribution in [-0.4, -0.2) is 33.9 Å². The van der Waals surface area contributed by atoms with Gasteiger partial charge in [0.15, 0.2) is 11.5 Å². The standard InChI is InChI=1S/C22H21ClFN5O2/c1-12-15(13(2)29-28-12)6-7-31-21-10-19-16(9-20(21)30-3)22(26-11-25-19)27-18-5-4-14(23)8-17(18)24/h4-5,8-11H,6-7H2,1-3H3,(H,28,29)(H,25,26,27). The second kappa shape index (κ2) is 8.77. The molecule has 160 valence electrons. The van der Waals surface area contributed by atoms with Crippen molar-refractivity contribution in [1.82, 2.24) is 20.2 Å². The van der Waals surface area contributed by atoms with Crippen LogP contribution in [0.4, 0.5) is 15.9 Å². The van der Waals surface area contributed by atoms with Crippen LogP contribution < -0.4 is 14.8 Å². The van der Waals surface area contributed by atoms with Gasteiger partial charge < -0.3 is 14.8 Å². The van der Waals surface area contributed by atoms with E-state index in [1.54, 1.807) is 31.4 Å². The van der Waals surface area contributed by atoms with Crippen LogP contribution in [0.5, 0.6) is 11.5 Å². The van der Waals surface area contributed by atoms with Gasteiger partial charge in [0.25, 0.3) is 0 Å². The molecule has 0 saturated carbocycles. The van der Waals surface area contributed by atoms with E-state index in [1.165, 1.54) is 12.4 Å². The largest absolute Gasteiger partial charge is 0.493 e. The molecular formula is C22H21ClFN5O2. The van der Waals surface area contributed by atoms with E-state index in [0.29, 0.717) is 46.3 Å². The summed E-state index contributed by atoms with van der Waals surface area (Å²) in [6.45, 7) is 4.40. The molecule has 0 aliphatic carbocycles. The van der Waals surface area contributed by atoms with Crippen LogP contribution in [-0.2, 0) is 6.42 Å². The van der Waals surface area contributed by atoms with Crippen LogP contribution in [0.25, 0.3) is 10.9 Å². The van der Waals surface area contributed by atoms with E-state index >= 15 is 0 Å². The topological polar surface area (TPSA) is 84.9 Å². The molecule has 0 radical (unpaired) electrons. The van der Waals surface area contributed by atoms with Gasteiger partial charge in [0.2, 0.25) is 0 Å². The second-order valence-corrected chi connectivity index (χ2v) is 7.44. The smallest absolute Gasteiger partial charge is 0.163 e. The summed E-state index contributed by atoms with van der Waals surface area (Å²) in [6, 6.07) is 7.96. The molecule has 0 aliphatic heterocycles. The normalized spacial score (nSPS) is 11.0. The minimum atomic E-state index is -0.476. The van der Waals surface area contributed by atoms with Gasteiger partial charge in [-0.25, -0.2) is 14.4 Å². The summed E-state index contributed by atoms with van der Waals surface area (Å²) in [7, 11) is 1.56. The van der Waals surface area contributed by atoms with Gasteiger partial charge in [0, 0.05) is 28.6 Å². The maximum absolute atomic E-state index is 14.2. The Bertz CT molecular complexity index is 1220. The van der Waals surface area contributed by atoms with Crippen LogP contribution in [0.15, 0.2) is 36.7 Å². The number of benzene rings is 2. The Balaban J connectivity index is 1.60. The molecule has 31 heavy (non-hydrogen) atoms. The summed E-state index contributed by atoms with van der Waals surface area (Å²) in [5.41, 5.74) is 4.03. The number of fused-ring (bicyclic) bond motifs is 1. The van der Waals surface area contributed by atoms with Gasteiger partial charge in [0.05, 0.1) is 30.6 Å². The van der Waals surface area contributed by atoms with Gasteiger partial charge in [-0.15, -0.1) is 0 Å². The lowest BCUT2D eigenvalue weighted by molar-refractivity contribution is 0.298. The van der Waals surface area contributed by atoms with Crippen LogP contribution >= 0.6 is 11.6 Å². The van der Waals surface area contributed by atoms with E-state index < -0.39 is 5.82 Å². The molecule has 2 aromatic heterocycles. The summed E-state index contributed by atoms with van der Waals surface area (Å²) < 4.78 is 25.7. The third kappa shape index (κ3) is 4.39. The monoisotopic (exact) mass is 441 g/mol. The quantitative estimate of drug-likeness (QED) is 0.413. The van der Waals surface area contributed by atoms with Gasteiger partial charge in [0.1, 0.15) is 18.0 Å². The van der Waals surface area contributed by atoms with Gasteiger partial charge >= 0.3 is 0 Å². The zero-order valence-corrected chi connectivity index (χ0v) is 18.0. The van der Waals surface area contributed by atoms with Crippen molar-refractivity contribution in [3.63, 3.8) is 0 Å². The van der Waals surface area contributed by atoms with Crippen LogP contribution in [0.3, 0.4) is 0 Å². The van der Waals surface area contributed by atoms with E-state index in [-0.39, 0.29) is 5.69 Å². The molecule has 7 nitrogen and oxygen atoms in total. The van der Waals surface area contributed by atoms with Crippen LogP contribution in [0.1, 0.15) is 17.0 Å². The Morgan fingerprint density at radius 3 is 2.68 bits per heavy atom. The summed E-state index contributed by atoms with van der Waals surface area (Å²) >= 11 is 5.83. The van der Waals surface area contributed by atoms with Gasteiger partial charge in [-0.3, -0.25) is 5.10 Å². The highest BCUT2D eigenvalue weighted by Crippen LogP contribution is 2.35. The Morgan fingerprint density at radius 1 is 1.13 bits per heavy atom. The Morgan fingerprint density at radius 2 is 1.97 bits per heavy atom. The second-order valence-electron chi connectivity index (χ2n) is 7.00. The van der Waals surface area contributed by atoms with Gasteiger partial charge in [-0.1, -0.05) is 11.6 Å². The van der Waals surface area contributed by atoms with Crippen molar-refractivity contribution in [1.29, 1.82) is 0 Å². The number of hydrogen-bond acceptors (Lipinski definition) is 6. The van der Waals surface area contributed by atoms with E-state index in [4.69, 9.17) is 21.1 Å². The van der Waals surface area contributed by atoms with E-state index in [9.17, 15) is 4.39 Å². The molecule has 0 unspecified atom stereocenters. The lowest BCUT2D eigenvalue weighted by Gasteiger charge is -2.14. The predicted octanol–water partition coefficient (Wildman–Crippen LogP) is 5.14. The molecular weight excluding hydrogens is 421 g/mol. The number of nitrogens with zero attached hydrogens (tertiary/aromatic N) is 3. The zero-order chi connectivity index (χ0) is 22.0. The number of anilines is 2. The fourth-order valence-electron chi connectivity index (χ4n) is 3.36. The molecule has 4 aromatic rings. The summed E-state index contributed by atoms with van der Waals surface area (Å²) in [4.78, 5) is 8.58. The Kier molecular flexibility index (Phi) is 5.90. The number of rotatable bonds is 7. The molecule has 0 atom stereocenters. The van der Waals surface area contributed by atoms with E-state index in [1.807, 2.05) is 13.8 Å². The molecule has 0 aliphatic rings. The van der Waals surface area contributed by atoms with Crippen LogP contribution in [0.2, 0.25) is 5.02 Å². The zero-order valence-electron chi connectivity index (χ0n) is 17.3. The highest BCUT2D eigenvalue weighted by molar-refractivity contribution is 6.30.